The SMILES string of the molecule is CC(C)NCc1cn(-c2ccc(F)c(Br)c2)cn1. The van der Waals surface area contributed by atoms with E-state index in [1.807, 2.05) is 10.8 Å². The molecule has 0 aliphatic carbocycles. The molecule has 2 aromatic rings. The van der Waals surface area contributed by atoms with E-state index in [9.17, 15) is 4.39 Å². The van der Waals surface area contributed by atoms with E-state index in [4.69, 9.17) is 0 Å². The summed E-state index contributed by atoms with van der Waals surface area (Å²) in [6.07, 6.45) is 3.67. The highest BCUT2D eigenvalue weighted by molar-refractivity contribution is 9.10. The molecule has 1 aromatic carbocycles. The predicted octanol–water partition coefficient (Wildman–Crippen LogP) is 3.27. The standard InChI is InChI=1S/C13H15BrFN3/c1-9(2)16-6-10-7-18(8-17-10)11-3-4-13(15)12(14)5-11/h3-5,7-9,16H,6H2,1-2H3. The second-order valence-corrected chi connectivity index (χ2v) is 5.26. The zero-order chi connectivity index (χ0) is 13.1. The molecule has 0 atom stereocenters. The van der Waals surface area contributed by atoms with Crippen molar-refractivity contribution in [3.8, 4) is 5.69 Å². The monoisotopic (exact) mass is 311 g/mol. The molecule has 0 saturated carbocycles. The smallest absolute Gasteiger partial charge is 0.137 e. The van der Waals surface area contributed by atoms with Crippen LogP contribution in [0.25, 0.3) is 5.69 Å². The maximum absolute atomic E-state index is 13.1. The number of hydrogen-bond acceptors (Lipinski definition) is 2. The topological polar surface area (TPSA) is 29.9 Å². The lowest BCUT2D eigenvalue weighted by Crippen LogP contribution is -2.21. The summed E-state index contributed by atoms with van der Waals surface area (Å²) in [6.45, 7) is 4.91. The van der Waals surface area contributed by atoms with Gasteiger partial charge >= 0.3 is 0 Å². The van der Waals surface area contributed by atoms with Crippen molar-refractivity contribution in [2.24, 2.45) is 0 Å². The fraction of sp³-hybridized carbons (Fsp3) is 0.308. The van der Waals surface area contributed by atoms with Gasteiger partial charge in [0.25, 0.3) is 0 Å². The van der Waals surface area contributed by atoms with Gasteiger partial charge in [-0.1, -0.05) is 13.8 Å². The fourth-order valence-corrected chi connectivity index (χ4v) is 1.92. The van der Waals surface area contributed by atoms with Crippen molar-refractivity contribution in [2.75, 3.05) is 0 Å². The summed E-state index contributed by atoms with van der Waals surface area (Å²) in [5, 5.41) is 3.30. The molecule has 0 aliphatic heterocycles. The number of hydrogen-bond donors (Lipinski definition) is 1. The number of nitrogens with one attached hydrogen (secondary N) is 1. The van der Waals surface area contributed by atoms with Crippen LogP contribution in [0.15, 0.2) is 35.2 Å². The third kappa shape index (κ3) is 3.17. The normalized spacial score (nSPS) is 11.2. The largest absolute Gasteiger partial charge is 0.309 e. The highest BCUT2D eigenvalue weighted by Crippen LogP contribution is 2.19. The molecule has 18 heavy (non-hydrogen) atoms. The second kappa shape index (κ2) is 5.63. The summed E-state index contributed by atoms with van der Waals surface area (Å²) >= 11 is 3.18. The van der Waals surface area contributed by atoms with Gasteiger partial charge in [-0.05, 0) is 34.1 Å². The number of halogens is 2. The maximum Gasteiger partial charge on any atom is 0.137 e. The minimum atomic E-state index is -0.263. The fourth-order valence-electron chi connectivity index (χ4n) is 1.55. The van der Waals surface area contributed by atoms with Gasteiger partial charge in [0.05, 0.1) is 16.5 Å². The van der Waals surface area contributed by atoms with Crippen LogP contribution >= 0.6 is 15.9 Å². The van der Waals surface area contributed by atoms with Crippen molar-refractivity contribution >= 4 is 15.9 Å². The van der Waals surface area contributed by atoms with E-state index in [1.54, 1.807) is 18.5 Å². The summed E-state index contributed by atoms with van der Waals surface area (Å²) in [5.74, 6) is -0.263. The molecular formula is C13H15BrFN3. The molecule has 0 fully saturated rings. The van der Waals surface area contributed by atoms with Crippen molar-refractivity contribution in [2.45, 2.75) is 26.4 Å². The molecule has 2 rings (SSSR count). The lowest BCUT2D eigenvalue weighted by atomic mass is 10.3. The summed E-state index contributed by atoms with van der Waals surface area (Å²) in [6, 6.07) is 5.32. The average molecular weight is 312 g/mol. The van der Waals surface area contributed by atoms with Gasteiger partial charge in [-0.25, -0.2) is 9.37 Å². The van der Waals surface area contributed by atoms with Crippen molar-refractivity contribution < 1.29 is 4.39 Å². The zero-order valence-electron chi connectivity index (χ0n) is 10.3. The molecule has 0 unspecified atom stereocenters. The molecule has 96 valence electrons. The summed E-state index contributed by atoms with van der Waals surface area (Å²) in [4.78, 5) is 4.31. The Morgan fingerprint density at radius 1 is 1.44 bits per heavy atom. The summed E-state index contributed by atoms with van der Waals surface area (Å²) in [5.41, 5.74) is 1.84. The highest BCUT2D eigenvalue weighted by atomic mass is 79.9. The van der Waals surface area contributed by atoms with Gasteiger partial charge in [0, 0.05) is 24.5 Å². The van der Waals surface area contributed by atoms with Crippen LogP contribution in [0.4, 0.5) is 4.39 Å². The third-order valence-electron chi connectivity index (χ3n) is 2.53. The number of aromatic nitrogens is 2. The van der Waals surface area contributed by atoms with Crippen LogP contribution in [-0.2, 0) is 6.54 Å². The van der Waals surface area contributed by atoms with E-state index in [0.717, 1.165) is 17.9 Å². The Bertz CT molecular complexity index is 537. The Balaban J connectivity index is 2.16. The number of benzene rings is 1. The Morgan fingerprint density at radius 2 is 2.22 bits per heavy atom. The van der Waals surface area contributed by atoms with Gasteiger partial charge in [-0.2, -0.15) is 0 Å². The molecule has 1 N–H and O–H groups in total. The van der Waals surface area contributed by atoms with Gasteiger partial charge in [-0.3, -0.25) is 0 Å². The first-order chi connectivity index (χ1) is 8.56. The van der Waals surface area contributed by atoms with Crippen LogP contribution in [0.1, 0.15) is 19.5 Å². The van der Waals surface area contributed by atoms with Crippen molar-refractivity contribution in [1.29, 1.82) is 0 Å². The van der Waals surface area contributed by atoms with Gasteiger partial charge < -0.3 is 9.88 Å². The molecule has 0 saturated heterocycles. The van der Waals surface area contributed by atoms with Crippen LogP contribution in [0.3, 0.4) is 0 Å². The van der Waals surface area contributed by atoms with Crippen molar-refractivity contribution in [3.05, 3.63) is 46.7 Å². The van der Waals surface area contributed by atoms with Crippen LogP contribution < -0.4 is 5.32 Å². The van der Waals surface area contributed by atoms with Gasteiger partial charge in [0.15, 0.2) is 0 Å². The molecule has 0 spiro atoms. The second-order valence-electron chi connectivity index (χ2n) is 4.41. The van der Waals surface area contributed by atoms with Crippen LogP contribution in [0.2, 0.25) is 0 Å². The Kier molecular flexibility index (Phi) is 4.14. The van der Waals surface area contributed by atoms with Crippen LogP contribution in [-0.4, -0.2) is 15.6 Å². The molecule has 0 aliphatic rings. The molecule has 1 aromatic heterocycles. The Hall–Kier alpha value is -1.20. The lowest BCUT2D eigenvalue weighted by Gasteiger charge is -2.05. The molecule has 0 amide bonds. The average Bonchev–Trinajstić information content (AvgIpc) is 2.79. The Morgan fingerprint density at radius 3 is 2.89 bits per heavy atom. The summed E-state index contributed by atoms with van der Waals surface area (Å²) < 4.78 is 15.5. The molecular weight excluding hydrogens is 297 g/mol. The molecule has 0 radical (unpaired) electrons. The van der Waals surface area contributed by atoms with E-state index in [2.05, 4.69) is 40.1 Å². The lowest BCUT2D eigenvalue weighted by molar-refractivity contribution is 0.582. The predicted molar refractivity (Wildman–Crippen MR) is 73.2 cm³/mol. The highest BCUT2D eigenvalue weighted by Gasteiger charge is 2.04. The number of nitrogens with zero attached hydrogens (tertiary/aromatic N) is 2. The summed E-state index contributed by atoms with van der Waals surface area (Å²) in [7, 11) is 0. The first-order valence-corrected chi connectivity index (χ1v) is 6.57. The molecule has 5 heteroatoms. The van der Waals surface area contributed by atoms with E-state index >= 15 is 0 Å². The molecule has 0 bridgehead atoms. The van der Waals surface area contributed by atoms with Crippen molar-refractivity contribution in [1.82, 2.24) is 14.9 Å². The third-order valence-corrected chi connectivity index (χ3v) is 3.14. The Labute approximate surface area is 114 Å². The minimum absolute atomic E-state index is 0.263. The number of rotatable bonds is 4. The zero-order valence-corrected chi connectivity index (χ0v) is 11.9. The first kappa shape index (κ1) is 13.2. The molecule has 1 heterocycles. The van der Waals surface area contributed by atoms with Gasteiger partial charge in [-0.15, -0.1) is 0 Å². The van der Waals surface area contributed by atoms with Gasteiger partial charge in [0.2, 0.25) is 0 Å². The molecule has 3 nitrogen and oxygen atoms in total. The maximum atomic E-state index is 13.1. The van der Waals surface area contributed by atoms with E-state index in [0.29, 0.717) is 10.5 Å². The first-order valence-electron chi connectivity index (χ1n) is 5.78. The van der Waals surface area contributed by atoms with E-state index < -0.39 is 0 Å². The van der Waals surface area contributed by atoms with Crippen LogP contribution in [0.5, 0.6) is 0 Å². The van der Waals surface area contributed by atoms with Gasteiger partial charge in [0.1, 0.15) is 5.82 Å². The van der Waals surface area contributed by atoms with Crippen LogP contribution in [0, 0.1) is 5.82 Å². The van der Waals surface area contributed by atoms with E-state index in [-0.39, 0.29) is 5.82 Å². The van der Waals surface area contributed by atoms with E-state index in [1.165, 1.54) is 6.07 Å². The quantitative estimate of drug-likeness (QED) is 0.939. The number of imidazole rings is 1. The minimum Gasteiger partial charge on any atom is -0.309 e. The van der Waals surface area contributed by atoms with Crippen molar-refractivity contribution in [3.63, 3.8) is 0 Å².